The molecule has 0 aliphatic carbocycles. The van der Waals surface area contributed by atoms with Gasteiger partial charge in [-0.3, -0.25) is 9.78 Å². The fraction of sp³-hybridized carbons (Fsp3) is 0.0500. The maximum absolute atomic E-state index is 13.3. The van der Waals surface area contributed by atoms with Gasteiger partial charge in [0.05, 0.1) is 11.1 Å². The van der Waals surface area contributed by atoms with Gasteiger partial charge in [0.25, 0.3) is 5.56 Å². The van der Waals surface area contributed by atoms with Crippen molar-refractivity contribution in [1.82, 2.24) is 14.8 Å². The second-order valence-electron chi connectivity index (χ2n) is 6.02. The number of halogens is 4. The van der Waals surface area contributed by atoms with E-state index >= 15 is 0 Å². The number of alkyl halides is 3. The Kier molecular flexibility index (Phi) is 4.50. The average molecular weight is 401 g/mol. The van der Waals surface area contributed by atoms with Crippen LogP contribution in [0.5, 0.6) is 5.75 Å². The smallest absolute Gasteiger partial charge is 0.406 e. The summed E-state index contributed by atoms with van der Waals surface area (Å²) in [6, 6.07) is 13.4. The Morgan fingerprint density at radius 1 is 0.966 bits per heavy atom. The van der Waals surface area contributed by atoms with Crippen LogP contribution in [-0.4, -0.2) is 21.1 Å². The van der Waals surface area contributed by atoms with Crippen LogP contribution >= 0.6 is 0 Å². The van der Waals surface area contributed by atoms with E-state index in [0.29, 0.717) is 5.69 Å². The maximum atomic E-state index is 13.3. The van der Waals surface area contributed by atoms with Crippen LogP contribution in [0.3, 0.4) is 0 Å². The fourth-order valence-corrected chi connectivity index (χ4v) is 2.87. The molecule has 5 nitrogen and oxygen atoms in total. The van der Waals surface area contributed by atoms with Gasteiger partial charge in [-0.25, -0.2) is 4.39 Å². The van der Waals surface area contributed by atoms with Gasteiger partial charge in [-0.1, -0.05) is 12.1 Å². The Bertz CT molecular complexity index is 1250. The number of ether oxygens (including phenoxy) is 1. The molecule has 0 N–H and O–H groups in total. The lowest BCUT2D eigenvalue weighted by Crippen LogP contribution is -2.22. The first-order valence-corrected chi connectivity index (χ1v) is 8.32. The zero-order chi connectivity index (χ0) is 20.6. The molecule has 0 bridgehead atoms. The number of nitrogens with zero attached hydrogens (tertiary/aromatic N) is 3. The number of benzene rings is 2. The largest absolute Gasteiger partial charge is 0.573 e. The summed E-state index contributed by atoms with van der Waals surface area (Å²) < 4.78 is 56.0. The van der Waals surface area contributed by atoms with E-state index in [0.717, 1.165) is 16.8 Å². The second kappa shape index (κ2) is 7.01. The molecule has 0 amide bonds. The maximum Gasteiger partial charge on any atom is 0.573 e. The van der Waals surface area contributed by atoms with E-state index in [4.69, 9.17) is 0 Å². The molecule has 0 saturated heterocycles. The van der Waals surface area contributed by atoms with Gasteiger partial charge < -0.3 is 4.74 Å². The summed E-state index contributed by atoms with van der Waals surface area (Å²) in [4.78, 5) is 17.0. The monoisotopic (exact) mass is 401 g/mol. The minimum Gasteiger partial charge on any atom is -0.406 e. The third kappa shape index (κ3) is 3.79. The van der Waals surface area contributed by atoms with Crippen LogP contribution in [0.25, 0.3) is 27.8 Å². The van der Waals surface area contributed by atoms with E-state index in [1.807, 2.05) is 0 Å². The minimum absolute atomic E-state index is 0.178. The van der Waals surface area contributed by atoms with E-state index in [-0.39, 0.29) is 22.2 Å². The number of hydrogen-bond donors (Lipinski definition) is 0. The molecule has 0 spiro atoms. The van der Waals surface area contributed by atoms with Gasteiger partial charge in [-0.05, 0) is 48.5 Å². The summed E-state index contributed by atoms with van der Waals surface area (Å²) in [5.74, 6) is -0.915. The van der Waals surface area contributed by atoms with Crippen molar-refractivity contribution >= 4 is 10.9 Å². The van der Waals surface area contributed by atoms with E-state index in [1.54, 1.807) is 6.07 Å². The highest BCUT2D eigenvalue weighted by atomic mass is 19.4. The highest BCUT2D eigenvalue weighted by Gasteiger charge is 2.31. The first-order chi connectivity index (χ1) is 13.8. The first-order valence-electron chi connectivity index (χ1n) is 8.32. The summed E-state index contributed by atoms with van der Waals surface area (Å²) in [7, 11) is 0. The Labute approximate surface area is 160 Å². The van der Waals surface area contributed by atoms with E-state index in [1.165, 1.54) is 48.7 Å². The van der Waals surface area contributed by atoms with Crippen molar-refractivity contribution in [2.45, 2.75) is 6.36 Å². The molecule has 2 aromatic carbocycles. The van der Waals surface area contributed by atoms with Crippen LogP contribution in [-0.2, 0) is 0 Å². The molecule has 2 aromatic heterocycles. The standard InChI is InChI=1S/C20H11F4N3O2/c21-13-6-8-14(9-7-13)27-19(28)16-5-2-10-25-18(16)17(26-27)12-3-1-4-15(11-12)29-20(22,23)24/h1-11H. The van der Waals surface area contributed by atoms with E-state index < -0.39 is 23.5 Å². The molecule has 4 rings (SSSR count). The zero-order valence-corrected chi connectivity index (χ0v) is 14.5. The van der Waals surface area contributed by atoms with Gasteiger partial charge in [0.15, 0.2) is 0 Å². The molecule has 0 aliphatic rings. The van der Waals surface area contributed by atoms with Crippen molar-refractivity contribution in [2.24, 2.45) is 0 Å². The summed E-state index contributed by atoms with van der Waals surface area (Å²) >= 11 is 0. The molecule has 0 unspecified atom stereocenters. The Hall–Kier alpha value is -3.75. The fourth-order valence-electron chi connectivity index (χ4n) is 2.87. The Balaban J connectivity index is 1.95. The van der Waals surface area contributed by atoms with Gasteiger partial charge in [0.2, 0.25) is 0 Å². The summed E-state index contributed by atoms with van der Waals surface area (Å²) in [6.07, 6.45) is -3.40. The molecule has 146 valence electrons. The highest BCUT2D eigenvalue weighted by Crippen LogP contribution is 2.29. The van der Waals surface area contributed by atoms with Gasteiger partial charge >= 0.3 is 6.36 Å². The molecule has 9 heteroatoms. The van der Waals surface area contributed by atoms with Crippen LogP contribution in [0.15, 0.2) is 71.7 Å². The number of fused-ring (bicyclic) bond motifs is 1. The summed E-state index contributed by atoms with van der Waals surface area (Å²) in [6.45, 7) is 0. The van der Waals surface area contributed by atoms with Crippen molar-refractivity contribution in [3.63, 3.8) is 0 Å². The van der Waals surface area contributed by atoms with E-state index in [9.17, 15) is 22.4 Å². The Morgan fingerprint density at radius 2 is 1.72 bits per heavy atom. The normalized spacial score (nSPS) is 11.6. The molecule has 2 heterocycles. The molecular weight excluding hydrogens is 390 g/mol. The SMILES string of the molecule is O=c1c2cccnc2c(-c2cccc(OC(F)(F)F)c2)nn1-c1ccc(F)cc1. The number of aromatic nitrogens is 3. The summed E-state index contributed by atoms with van der Waals surface area (Å²) in [5.41, 5.74) is 0.473. The second-order valence-corrected chi connectivity index (χ2v) is 6.02. The molecule has 29 heavy (non-hydrogen) atoms. The number of pyridine rings is 1. The molecule has 0 atom stereocenters. The average Bonchev–Trinajstić information content (AvgIpc) is 2.68. The van der Waals surface area contributed by atoms with Crippen molar-refractivity contribution in [3.05, 3.63) is 83.0 Å². The third-order valence-electron chi connectivity index (χ3n) is 4.07. The van der Waals surface area contributed by atoms with Gasteiger partial charge in [0.1, 0.15) is 22.8 Å². The zero-order valence-electron chi connectivity index (χ0n) is 14.5. The van der Waals surface area contributed by atoms with Crippen LogP contribution in [0, 0.1) is 5.82 Å². The van der Waals surface area contributed by atoms with Crippen LogP contribution < -0.4 is 10.3 Å². The predicted octanol–water partition coefficient (Wildman–Crippen LogP) is 4.49. The molecular formula is C20H11F4N3O2. The minimum atomic E-state index is -4.85. The highest BCUT2D eigenvalue weighted by molar-refractivity contribution is 5.90. The summed E-state index contributed by atoms with van der Waals surface area (Å²) in [5, 5.41) is 4.50. The predicted molar refractivity (Wildman–Crippen MR) is 97.2 cm³/mol. The van der Waals surface area contributed by atoms with Gasteiger partial charge in [-0.2, -0.15) is 9.78 Å². The van der Waals surface area contributed by atoms with Crippen molar-refractivity contribution in [2.75, 3.05) is 0 Å². The topological polar surface area (TPSA) is 57.0 Å². The lowest BCUT2D eigenvalue weighted by Gasteiger charge is -2.12. The first kappa shape index (κ1) is 18.6. The lowest BCUT2D eigenvalue weighted by molar-refractivity contribution is -0.274. The van der Waals surface area contributed by atoms with Crippen LogP contribution in [0.2, 0.25) is 0 Å². The van der Waals surface area contributed by atoms with Crippen LogP contribution in [0.4, 0.5) is 17.6 Å². The van der Waals surface area contributed by atoms with Gasteiger partial charge in [-0.15, -0.1) is 13.2 Å². The van der Waals surface area contributed by atoms with E-state index in [2.05, 4.69) is 14.8 Å². The molecule has 0 fully saturated rings. The lowest BCUT2D eigenvalue weighted by atomic mass is 10.1. The molecule has 0 saturated carbocycles. The quantitative estimate of drug-likeness (QED) is 0.475. The number of rotatable bonds is 3. The van der Waals surface area contributed by atoms with Crippen molar-refractivity contribution in [1.29, 1.82) is 0 Å². The van der Waals surface area contributed by atoms with Gasteiger partial charge in [0, 0.05) is 11.8 Å². The molecule has 4 aromatic rings. The molecule has 0 radical (unpaired) electrons. The molecule has 0 aliphatic heterocycles. The number of hydrogen-bond acceptors (Lipinski definition) is 4. The third-order valence-corrected chi connectivity index (χ3v) is 4.07. The van der Waals surface area contributed by atoms with Crippen molar-refractivity contribution < 1.29 is 22.3 Å². The van der Waals surface area contributed by atoms with Crippen LogP contribution in [0.1, 0.15) is 0 Å². The van der Waals surface area contributed by atoms with Crippen molar-refractivity contribution in [3.8, 4) is 22.7 Å². The Morgan fingerprint density at radius 3 is 2.45 bits per heavy atom.